The quantitative estimate of drug-likeness (QED) is 0.0540. The van der Waals surface area contributed by atoms with Crippen LogP contribution >= 0.6 is 7.60 Å². The highest BCUT2D eigenvalue weighted by Crippen LogP contribution is 2.35. The van der Waals surface area contributed by atoms with Gasteiger partial charge in [0.25, 0.3) is 0 Å². The van der Waals surface area contributed by atoms with Crippen molar-refractivity contribution in [2.24, 2.45) is 0 Å². The van der Waals surface area contributed by atoms with Crippen molar-refractivity contribution in [3.63, 3.8) is 0 Å². The van der Waals surface area contributed by atoms with Gasteiger partial charge < -0.3 is 19.8 Å². The lowest BCUT2D eigenvalue weighted by molar-refractivity contribution is -0.121. The first-order valence-corrected chi connectivity index (χ1v) is 19.4. The Morgan fingerprint density at radius 3 is 1.89 bits per heavy atom. The van der Waals surface area contributed by atoms with Gasteiger partial charge in [0.1, 0.15) is 12.4 Å². The van der Waals surface area contributed by atoms with Crippen LogP contribution in [-0.2, 0) is 28.8 Å². The molecule has 0 spiro atoms. The molecular weight excluding hydrogens is 581 g/mol. The molecule has 6 nitrogen and oxygen atoms in total. The molecule has 0 fully saturated rings. The fourth-order valence-electron chi connectivity index (χ4n) is 5.48. The minimum atomic E-state index is -4.29. The van der Waals surface area contributed by atoms with Crippen molar-refractivity contribution < 1.29 is 23.9 Å². The van der Waals surface area contributed by atoms with Crippen molar-refractivity contribution in [3.05, 3.63) is 77.4 Å². The molecule has 1 atom stereocenters. The predicted molar refractivity (Wildman–Crippen MR) is 188 cm³/mol. The summed E-state index contributed by atoms with van der Waals surface area (Å²) in [7, 11) is -4.29. The largest absolute Gasteiger partial charge is 0.489 e. The monoisotopic (exact) mass is 641 g/mol. The van der Waals surface area contributed by atoms with Gasteiger partial charge in [-0.1, -0.05) is 120 Å². The fourth-order valence-corrected chi connectivity index (χ4v) is 6.28. The molecule has 2 rings (SSSR count). The van der Waals surface area contributed by atoms with Crippen molar-refractivity contribution in [2.75, 3.05) is 6.16 Å². The number of nitrogens with one attached hydrogen (secondary N) is 1. The highest BCUT2D eigenvalue weighted by molar-refractivity contribution is 7.51. The molecule has 0 bridgehead atoms. The third-order valence-corrected chi connectivity index (χ3v) is 9.06. The summed E-state index contributed by atoms with van der Waals surface area (Å²) in [5, 5.41) is 2.88. The van der Waals surface area contributed by atoms with Crippen LogP contribution in [0, 0.1) is 0 Å². The summed E-state index contributed by atoms with van der Waals surface area (Å²) in [6.07, 6.45) is 23.9. The molecule has 0 aliphatic carbocycles. The summed E-state index contributed by atoms with van der Waals surface area (Å²) in [5.74, 6) is 0.585. The van der Waals surface area contributed by atoms with Crippen LogP contribution in [-0.4, -0.2) is 27.9 Å². The average Bonchev–Trinajstić information content (AvgIpc) is 3.01. The van der Waals surface area contributed by atoms with Gasteiger partial charge in [-0.25, -0.2) is 0 Å². The van der Waals surface area contributed by atoms with Crippen molar-refractivity contribution in [1.29, 1.82) is 0 Å². The van der Waals surface area contributed by atoms with Gasteiger partial charge >= 0.3 is 7.60 Å². The minimum absolute atomic E-state index is 0.147. The number of allylic oxidation sites excluding steroid dienone is 2. The van der Waals surface area contributed by atoms with Crippen LogP contribution in [0.3, 0.4) is 0 Å². The topological polar surface area (TPSA) is 95.9 Å². The maximum Gasteiger partial charge on any atom is 0.327 e. The van der Waals surface area contributed by atoms with Crippen molar-refractivity contribution in [3.8, 4) is 5.75 Å². The van der Waals surface area contributed by atoms with E-state index in [9.17, 15) is 19.1 Å². The van der Waals surface area contributed by atoms with Crippen LogP contribution in [0.5, 0.6) is 5.75 Å². The van der Waals surface area contributed by atoms with E-state index < -0.39 is 13.6 Å². The van der Waals surface area contributed by atoms with E-state index >= 15 is 0 Å². The van der Waals surface area contributed by atoms with Crippen LogP contribution in [0.25, 0.3) is 0 Å². The van der Waals surface area contributed by atoms with Gasteiger partial charge in [0.2, 0.25) is 5.91 Å². The Morgan fingerprint density at radius 1 is 0.733 bits per heavy atom. The molecular formula is C38H60NO5P. The molecule has 2 aromatic rings. The Balaban J connectivity index is 1.67. The summed E-state index contributed by atoms with van der Waals surface area (Å²) in [4.78, 5) is 31.8. The first-order valence-electron chi connectivity index (χ1n) is 17.6. The fraction of sp³-hybridized carbons (Fsp3) is 0.605. The molecule has 2 aromatic carbocycles. The lowest BCUT2D eigenvalue weighted by Gasteiger charge is -2.20. The van der Waals surface area contributed by atoms with Crippen LogP contribution in [0.15, 0.2) is 60.7 Å². The molecule has 252 valence electrons. The molecule has 0 heterocycles. The Labute approximate surface area is 273 Å². The summed E-state index contributed by atoms with van der Waals surface area (Å²) < 4.78 is 17.7. The van der Waals surface area contributed by atoms with E-state index in [-0.39, 0.29) is 12.1 Å². The maximum absolute atomic E-state index is 12.6. The number of hydrogen-bond acceptors (Lipinski definition) is 3. The van der Waals surface area contributed by atoms with E-state index in [1.807, 2.05) is 24.3 Å². The zero-order valence-electron chi connectivity index (χ0n) is 28.1. The Morgan fingerprint density at radius 2 is 1.27 bits per heavy atom. The van der Waals surface area contributed by atoms with E-state index in [1.165, 1.54) is 69.8 Å². The molecule has 0 saturated heterocycles. The van der Waals surface area contributed by atoms with Crippen LogP contribution < -0.4 is 10.1 Å². The first-order chi connectivity index (χ1) is 21.8. The van der Waals surface area contributed by atoms with E-state index in [2.05, 4.69) is 55.6 Å². The number of hydrogen-bond donors (Lipinski definition) is 3. The predicted octanol–water partition coefficient (Wildman–Crippen LogP) is 9.85. The van der Waals surface area contributed by atoms with Crippen LogP contribution in [0.1, 0.15) is 133 Å². The SMILES string of the molecule is CCCCCCCC=CCCCCCCCC(=O)N[C@H](Cc1ccc(OCc2ccc(CCCCC)cc2)cc1)CP(=O)(O)O. The lowest BCUT2D eigenvalue weighted by Crippen LogP contribution is -2.39. The van der Waals surface area contributed by atoms with Gasteiger partial charge in [-0.05, 0) is 80.2 Å². The van der Waals surface area contributed by atoms with Gasteiger partial charge in [0, 0.05) is 12.5 Å². The Bertz CT molecular complexity index is 1110. The molecule has 45 heavy (non-hydrogen) atoms. The maximum atomic E-state index is 12.6. The Hall–Kier alpha value is -2.40. The van der Waals surface area contributed by atoms with Gasteiger partial charge in [0.15, 0.2) is 0 Å². The summed E-state index contributed by atoms with van der Waals surface area (Å²) >= 11 is 0. The lowest BCUT2D eigenvalue weighted by atomic mass is 10.1. The number of benzene rings is 2. The standard InChI is InChI=1S/C38H60NO5P/c1-3-5-7-8-9-10-11-12-13-14-15-16-17-19-21-38(40)39-36(32-45(41,42)43)30-34-26-28-37(29-27-34)44-31-35-24-22-33(23-25-35)20-18-6-4-2/h11-12,22-29,36H,3-10,13-21,30-32H2,1-2H3,(H,39,40)(H2,41,42,43)/t36-/m1/s1. The first kappa shape index (κ1) is 38.8. The minimum Gasteiger partial charge on any atom is -0.489 e. The number of ether oxygens (including phenoxy) is 1. The molecule has 7 heteroatoms. The smallest absolute Gasteiger partial charge is 0.327 e. The molecule has 3 N–H and O–H groups in total. The van der Waals surface area contributed by atoms with Crippen LogP contribution in [0.4, 0.5) is 0 Å². The summed E-state index contributed by atoms with van der Waals surface area (Å²) in [6.45, 7) is 4.93. The zero-order chi connectivity index (χ0) is 32.6. The molecule has 1 amide bonds. The van der Waals surface area contributed by atoms with E-state index in [0.717, 1.165) is 55.4 Å². The number of amides is 1. The third kappa shape index (κ3) is 20.4. The van der Waals surface area contributed by atoms with E-state index in [0.29, 0.717) is 19.4 Å². The second-order valence-corrected chi connectivity index (χ2v) is 14.2. The zero-order valence-corrected chi connectivity index (χ0v) is 29.0. The number of carbonyl (C=O) groups excluding carboxylic acids is 1. The van der Waals surface area contributed by atoms with E-state index in [4.69, 9.17) is 4.74 Å². The highest BCUT2D eigenvalue weighted by Gasteiger charge is 2.23. The summed E-state index contributed by atoms with van der Waals surface area (Å²) in [5.41, 5.74) is 3.35. The number of rotatable bonds is 26. The number of aryl methyl sites for hydroxylation is 1. The van der Waals surface area contributed by atoms with Crippen molar-refractivity contribution in [1.82, 2.24) is 5.32 Å². The number of carbonyl (C=O) groups is 1. The molecule has 0 aromatic heterocycles. The van der Waals surface area contributed by atoms with Gasteiger partial charge in [0.05, 0.1) is 6.16 Å². The van der Waals surface area contributed by atoms with Gasteiger partial charge in [-0.3, -0.25) is 9.36 Å². The molecule has 0 aliphatic heterocycles. The second-order valence-electron chi connectivity index (χ2n) is 12.5. The molecule has 0 radical (unpaired) electrons. The van der Waals surface area contributed by atoms with E-state index in [1.54, 1.807) is 0 Å². The highest BCUT2D eigenvalue weighted by atomic mass is 31.2. The van der Waals surface area contributed by atoms with Gasteiger partial charge in [-0.2, -0.15) is 0 Å². The average molecular weight is 642 g/mol. The third-order valence-electron chi connectivity index (χ3n) is 8.14. The molecule has 0 aliphatic rings. The van der Waals surface area contributed by atoms with Crippen molar-refractivity contribution >= 4 is 13.5 Å². The van der Waals surface area contributed by atoms with Crippen LogP contribution in [0.2, 0.25) is 0 Å². The normalized spacial score (nSPS) is 12.4. The summed E-state index contributed by atoms with van der Waals surface area (Å²) in [6, 6.07) is 15.5. The Kier molecular flexibility index (Phi) is 20.6. The van der Waals surface area contributed by atoms with Crippen molar-refractivity contribution in [2.45, 2.75) is 142 Å². The second kappa shape index (κ2) is 23.9. The number of unbranched alkanes of at least 4 members (excludes halogenated alkanes) is 12. The molecule has 0 unspecified atom stereocenters. The molecule has 0 saturated carbocycles. The van der Waals surface area contributed by atoms with Gasteiger partial charge in [-0.15, -0.1) is 0 Å².